The fourth-order valence-corrected chi connectivity index (χ4v) is 3.99. The summed E-state index contributed by atoms with van der Waals surface area (Å²) < 4.78 is 29.8. The van der Waals surface area contributed by atoms with Crippen LogP contribution in [0.25, 0.3) is 0 Å². The molecule has 5 atom stereocenters. The molecule has 154 valence electrons. The van der Waals surface area contributed by atoms with Crippen molar-refractivity contribution in [2.24, 2.45) is 0 Å². The summed E-state index contributed by atoms with van der Waals surface area (Å²) in [6.45, 7) is 11.5. The number of hydrogen-bond donors (Lipinski definition) is 1. The maximum absolute atomic E-state index is 13.0. The zero-order chi connectivity index (χ0) is 20.3. The Labute approximate surface area is 165 Å². The van der Waals surface area contributed by atoms with Crippen molar-refractivity contribution in [2.45, 2.75) is 89.7 Å². The van der Waals surface area contributed by atoms with E-state index in [0.717, 1.165) is 0 Å². The predicted octanol–water partition coefficient (Wildman–Crippen LogP) is 3.15. The van der Waals surface area contributed by atoms with Gasteiger partial charge >= 0.3 is 0 Å². The third kappa shape index (κ3) is 3.69. The van der Waals surface area contributed by atoms with Crippen LogP contribution >= 0.6 is 0 Å². The first-order valence-electron chi connectivity index (χ1n) is 9.82. The predicted molar refractivity (Wildman–Crippen MR) is 102 cm³/mol. The Bertz CT molecular complexity index is 744. The largest absolute Gasteiger partial charge is 0.342 e. The Kier molecular flexibility index (Phi) is 4.79. The molecule has 0 unspecified atom stereocenters. The quantitative estimate of drug-likeness (QED) is 0.853. The second-order valence-electron chi connectivity index (χ2n) is 8.86. The molecular formula is C21H29NO6. The van der Waals surface area contributed by atoms with Crippen LogP contribution in [0.15, 0.2) is 24.3 Å². The van der Waals surface area contributed by atoms with Crippen molar-refractivity contribution in [3.63, 3.8) is 0 Å². The summed E-state index contributed by atoms with van der Waals surface area (Å²) in [4.78, 5) is 13.0. The lowest BCUT2D eigenvalue weighted by Gasteiger charge is -2.36. The van der Waals surface area contributed by atoms with Gasteiger partial charge in [0.1, 0.15) is 18.3 Å². The van der Waals surface area contributed by atoms with Crippen LogP contribution in [0, 0.1) is 0 Å². The van der Waals surface area contributed by atoms with Crippen molar-refractivity contribution in [2.75, 3.05) is 5.32 Å². The van der Waals surface area contributed by atoms with Crippen LogP contribution in [0.2, 0.25) is 0 Å². The van der Waals surface area contributed by atoms with Gasteiger partial charge in [-0.15, -0.1) is 0 Å². The van der Waals surface area contributed by atoms with E-state index in [1.54, 1.807) is 0 Å². The average molecular weight is 391 g/mol. The first-order chi connectivity index (χ1) is 13.0. The molecule has 3 fully saturated rings. The van der Waals surface area contributed by atoms with Crippen LogP contribution in [0.4, 0.5) is 5.69 Å². The zero-order valence-electron chi connectivity index (χ0n) is 17.2. The maximum Gasteiger partial charge on any atom is 0.256 e. The molecule has 3 heterocycles. The van der Waals surface area contributed by atoms with Gasteiger partial charge in [0.05, 0.1) is 0 Å². The standard InChI is InChI=1S/C21H29NO6/c1-11(2)12-7-9-13(10-8-12)22-18(23)16-14-15(26-20(3,4)25-14)17-19(24-16)28-21(5,6)27-17/h7-11,14-17,19H,1-6H3,(H,22,23)/t14-,15-,16+,17+,19-/m0/s1. The van der Waals surface area contributed by atoms with Crippen molar-refractivity contribution < 1.29 is 28.5 Å². The minimum Gasteiger partial charge on any atom is -0.342 e. The summed E-state index contributed by atoms with van der Waals surface area (Å²) in [6, 6.07) is 7.81. The normalized spacial score (nSPS) is 35.5. The molecule has 3 aliphatic heterocycles. The fraction of sp³-hybridized carbons (Fsp3) is 0.667. The van der Waals surface area contributed by atoms with Gasteiger partial charge in [-0.3, -0.25) is 4.79 Å². The van der Waals surface area contributed by atoms with Crippen molar-refractivity contribution in [3.05, 3.63) is 29.8 Å². The number of fused-ring (bicyclic) bond motifs is 3. The second-order valence-corrected chi connectivity index (χ2v) is 8.86. The van der Waals surface area contributed by atoms with Gasteiger partial charge in [0, 0.05) is 5.69 Å². The Balaban J connectivity index is 1.53. The summed E-state index contributed by atoms with van der Waals surface area (Å²) >= 11 is 0. The van der Waals surface area contributed by atoms with Crippen molar-refractivity contribution in [1.82, 2.24) is 0 Å². The van der Waals surface area contributed by atoms with E-state index in [9.17, 15) is 4.79 Å². The smallest absolute Gasteiger partial charge is 0.256 e. The lowest BCUT2D eigenvalue weighted by molar-refractivity contribution is -0.229. The number of ether oxygens (including phenoxy) is 5. The summed E-state index contributed by atoms with van der Waals surface area (Å²) in [5.74, 6) is -1.51. The van der Waals surface area contributed by atoms with Gasteiger partial charge in [0.15, 0.2) is 24.0 Å². The number of rotatable bonds is 3. The molecule has 28 heavy (non-hydrogen) atoms. The molecule has 3 aliphatic rings. The van der Waals surface area contributed by atoms with Crippen LogP contribution in [0.3, 0.4) is 0 Å². The van der Waals surface area contributed by atoms with Gasteiger partial charge in [-0.1, -0.05) is 26.0 Å². The van der Waals surface area contributed by atoms with Crippen molar-refractivity contribution >= 4 is 11.6 Å². The van der Waals surface area contributed by atoms with E-state index in [1.165, 1.54) is 5.56 Å². The Morgan fingerprint density at radius 2 is 1.46 bits per heavy atom. The third-order valence-corrected chi connectivity index (χ3v) is 5.26. The number of amides is 1. The zero-order valence-corrected chi connectivity index (χ0v) is 17.2. The molecule has 4 rings (SSSR count). The lowest BCUT2D eigenvalue weighted by atomic mass is 9.98. The minimum absolute atomic E-state index is 0.291. The van der Waals surface area contributed by atoms with Gasteiger partial charge in [0.25, 0.3) is 5.91 Å². The van der Waals surface area contributed by atoms with Crippen LogP contribution in [-0.4, -0.2) is 48.2 Å². The fourth-order valence-electron chi connectivity index (χ4n) is 3.99. The third-order valence-electron chi connectivity index (χ3n) is 5.26. The van der Waals surface area contributed by atoms with E-state index in [-0.39, 0.29) is 5.91 Å². The topological polar surface area (TPSA) is 75.3 Å². The van der Waals surface area contributed by atoms with Crippen LogP contribution < -0.4 is 5.32 Å². The molecule has 0 saturated carbocycles. The van der Waals surface area contributed by atoms with E-state index in [4.69, 9.17) is 23.7 Å². The highest BCUT2D eigenvalue weighted by Gasteiger charge is 2.62. The molecule has 0 radical (unpaired) electrons. The molecule has 1 aromatic rings. The van der Waals surface area contributed by atoms with Gasteiger partial charge in [-0.25, -0.2) is 0 Å². The minimum atomic E-state index is -0.865. The molecule has 7 nitrogen and oxygen atoms in total. The molecule has 7 heteroatoms. The first kappa shape index (κ1) is 19.8. The summed E-state index contributed by atoms with van der Waals surface area (Å²) in [7, 11) is 0. The highest BCUT2D eigenvalue weighted by atomic mass is 16.9. The lowest BCUT2D eigenvalue weighted by Crippen LogP contribution is -2.58. The Morgan fingerprint density at radius 1 is 0.893 bits per heavy atom. The molecule has 0 aliphatic carbocycles. The summed E-state index contributed by atoms with van der Waals surface area (Å²) in [5, 5.41) is 2.92. The highest BCUT2D eigenvalue weighted by Crippen LogP contribution is 2.44. The van der Waals surface area contributed by atoms with Crippen LogP contribution in [0.1, 0.15) is 53.0 Å². The SMILES string of the molecule is CC(C)c1ccc(NC(=O)[C@@H]2O[C@H]3OC(C)(C)O[C@@H]3[C@H]3OC(C)(C)O[C@@H]32)cc1. The average Bonchev–Trinajstić information content (AvgIpc) is 3.08. The number of carbonyl (C=O) groups excluding carboxylic acids is 1. The molecule has 0 aromatic heterocycles. The number of hydrogen-bond acceptors (Lipinski definition) is 6. The van der Waals surface area contributed by atoms with E-state index >= 15 is 0 Å². The highest BCUT2D eigenvalue weighted by molar-refractivity contribution is 5.94. The van der Waals surface area contributed by atoms with Crippen LogP contribution in [-0.2, 0) is 28.5 Å². The van der Waals surface area contributed by atoms with Gasteiger partial charge < -0.3 is 29.0 Å². The molecule has 0 spiro atoms. The maximum atomic E-state index is 13.0. The molecule has 1 amide bonds. The summed E-state index contributed by atoms with van der Waals surface area (Å²) in [5.41, 5.74) is 1.92. The first-order valence-corrected chi connectivity index (χ1v) is 9.82. The van der Waals surface area contributed by atoms with E-state index in [2.05, 4.69) is 19.2 Å². The summed E-state index contributed by atoms with van der Waals surface area (Å²) in [6.07, 6.45) is -3.03. The van der Waals surface area contributed by atoms with Crippen molar-refractivity contribution in [1.29, 1.82) is 0 Å². The molecule has 1 N–H and O–H groups in total. The van der Waals surface area contributed by atoms with E-state index in [1.807, 2.05) is 52.0 Å². The van der Waals surface area contributed by atoms with Crippen LogP contribution in [0.5, 0.6) is 0 Å². The van der Waals surface area contributed by atoms with Gasteiger partial charge in [-0.2, -0.15) is 0 Å². The monoisotopic (exact) mass is 391 g/mol. The Morgan fingerprint density at radius 3 is 2.11 bits per heavy atom. The molecule has 3 saturated heterocycles. The second kappa shape index (κ2) is 6.78. The molecule has 0 bridgehead atoms. The van der Waals surface area contributed by atoms with Gasteiger partial charge in [0.2, 0.25) is 0 Å². The van der Waals surface area contributed by atoms with Crippen molar-refractivity contribution in [3.8, 4) is 0 Å². The van der Waals surface area contributed by atoms with E-state index < -0.39 is 42.3 Å². The Hall–Kier alpha value is -1.51. The number of anilines is 1. The number of carbonyl (C=O) groups is 1. The molecular weight excluding hydrogens is 362 g/mol. The molecule has 1 aromatic carbocycles. The number of nitrogens with one attached hydrogen (secondary N) is 1. The van der Waals surface area contributed by atoms with E-state index in [0.29, 0.717) is 11.6 Å². The van der Waals surface area contributed by atoms with Gasteiger partial charge in [-0.05, 0) is 51.3 Å². The number of benzene rings is 1.